The van der Waals surface area contributed by atoms with Gasteiger partial charge in [-0.15, -0.1) is 0 Å². The third-order valence-electron chi connectivity index (χ3n) is 5.12. The number of fused-ring (bicyclic) bond motifs is 1. The largest absolute Gasteiger partial charge is 0.376 e. The Bertz CT molecular complexity index is 1020. The minimum Gasteiger partial charge on any atom is -0.376 e. The van der Waals surface area contributed by atoms with Crippen molar-refractivity contribution in [2.75, 3.05) is 19.7 Å². The number of pyridine rings is 1. The highest BCUT2D eigenvalue weighted by Crippen LogP contribution is 2.30. The molecule has 0 radical (unpaired) electrons. The number of ether oxygens (including phenoxy) is 1. The fourth-order valence-electron chi connectivity index (χ4n) is 3.71. The standard InChI is InChI=1S/C23H23FN2O2/c1-15-13-26(9-10-28-15)14-17-3-8-20-21(18-4-6-19(24)7-5-18)12-22(16(2)27)25-23(20)11-17/h3-8,11-12,15H,9-10,13-14H2,1-2H3/t15-/m0/s1. The molecule has 144 valence electrons. The van der Waals surface area contributed by atoms with Gasteiger partial charge >= 0.3 is 0 Å². The summed E-state index contributed by atoms with van der Waals surface area (Å²) in [4.78, 5) is 19.0. The van der Waals surface area contributed by atoms with E-state index in [2.05, 4.69) is 28.9 Å². The van der Waals surface area contributed by atoms with Crippen LogP contribution in [0, 0.1) is 5.82 Å². The number of nitrogens with zero attached hydrogens (tertiary/aromatic N) is 2. The summed E-state index contributed by atoms with van der Waals surface area (Å²) in [6.07, 6.45) is 0.238. The van der Waals surface area contributed by atoms with E-state index in [0.717, 1.165) is 53.8 Å². The van der Waals surface area contributed by atoms with Crippen molar-refractivity contribution in [1.82, 2.24) is 9.88 Å². The van der Waals surface area contributed by atoms with E-state index in [4.69, 9.17) is 4.74 Å². The highest BCUT2D eigenvalue weighted by atomic mass is 19.1. The first-order chi connectivity index (χ1) is 13.5. The van der Waals surface area contributed by atoms with Gasteiger partial charge in [-0.3, -0.25) is 9.69 Å². The van der Waals surface area contributed by atoms with E-state index in [9.17, 15) is 9.18 Å². The summed E-state index contributed by atoms with van der Waals surface area (Å²) < 4.78 is 19.0. The lowest BCUT2D eigenvalue weighted by atomic mass is 9.98. The second-order valence-electron chi connectivity index (χ2n) is 7.39. The summed E-state index contributed by atoms with van der Waals surface area (Å²) >= 11 is 0. The zero-order valence-electron chi connectivity index (χ0n) is 16.1. The molecule has 0 N–H and O–H groups in total. The molecule has 2 aromatic carbocycles. The van der Waals surface area contributed by atoms with Crippen LogP contribution in [-0.2, 0) is 11.3 Å². The number of benzene rings is 2. The Hall–Kier alpha value is -2.63. The van der Waals surface area contributed by atoms with Crippen LogP contribution in [0.3, 0.4) is 0 Å². The van der Waals surface area contributed by atoms with Crippen molar-refractivity contribution >= 4 is 16.7 Å². The number of hydrogen-bond acceptors (Lipinski definition) is 4. The van der Waals surface area contributed by atoms with Crippen LogP contribution in [-0.4, -0.2) is 41.5 Å². The molecule has 0 unspecified atom stereocenters. The van der Waals surface area contributed by atoms with Crippen molar-refractivity contribution in [2.45, 2.75) is 26.5 Å². The second kappa shape index (κ2) is 7.78. The number of ketones is 1. The van der Waals surface area contributed by atoms with Gasteiger partial charge in [0.2, 0.25) is 0 Å². The number of Topliss-reactive ketones (excluding diaryl/α,β-unsaturated/α-hetero) is 1. The molecule has 1 aromatic heterocycles. The monoisotopic (exact) mass is 378 g/mol. The van der Waals surface area contributed by atoms with Gasteiger partial charge in [-0.2, -0.15) is 0 Å². The molecule has 5 heteroatoms. The second-order valence-corrected chi connectivity index (χ2v) is 7.39. The van der Waals surface area contributed by atoms with Crippen LogP contribution in [0.4, 0.5) is 4.39 Å². The molecule has 1 aliphatic heterocycles. The van der Waals surface area contributed by atoms with Crippen molar-refractivity contribution in [3.63, 3.8) is 0 Å². The lowest BCUT2D eigenvalue weighted by Gasteiger charge is -2.31. The van der Waals surface area contributed by atoms with Gasteiger partial charge in [0, 0.05) is 31.9 Å². The average Bonchev–Trinajstić information content (AvgIpc) is 2.67. The molecule has 0 saturated carbocycles. The van der Waals surface area contributed by atoms with Gasteiger partial charge in [-0.25, -0.2) is 9.37 Å². The van der Waals surface area contributed by atoms with Crippen molar-refractivity contribution in [3.05, 3.63) is 65.6 Å². The minimum absolute atomic E-state index is 0.0855. The molecule has 1 saturated heterocycles. The van der Waals surface area contributed by atoms with E-state index < -0.39 is 0 Å². The summed E-state index contributed by atoms with van der Waals surface area (Å²) in [5, 5.41) is 0.954. The van der Waals surface area contributed by atoms with Gasteiger partial charge in [-0.05, 0) is 47.9 Å². The number of carbonyl (C=O) groups excluding carboxylic acids is 1. The van der Waals surface area contributed by atoms with Crippen LogP contribution < -0.4 is 0 Å². The molecule has 1 fully saturated rings. The van der Waals surface area contributed by atoms with Crippen molar-refractivity contribution in [3.8, 4) is 11.1 Å². The predicted octanol–water partition coefficient (Wildman–Crippen LogP) is 4.46. The average molecular weight is 378 g/mol. The van der Waals surface area contributed by atoms with Gasteiger partial charge < -0.3 is 4.74 Å². The Labute approximate surface area is 164 Å². The summed E-state index contributed by atoms with van der Waals surface area (Å²) in [5.41, 5.74) is 4.11. The van der Waals surface area contributed by atoms with E-state index in [0.29, 0.717) is 5.69 Å². The van der Waals surface area contributed by atoms with Crippen LogP contribution in [0.5, 0.6) is 0 Å². The first kappa shape index (κ1) is 18.7. The van der Waals surface area contributed by atoms with Crippen LogP contribution in [0.25, 0.3) is 22.0 Å². The van der Waals surface area contributed by atoms with E-state index in [1.54, 1.807) is 18.2 Å². The van der Waals surface area contributed by atoms with Crippen LogP contribution in [0.2, 0.25) is 0 Å². The fourth-order valence-corrected chi connectivity index (χ4v) is 3.71. The van der Waals surface area contributed by atoms with Gasteiger partial charge in [-0.1, -0.05) is 24.3 Å². The predicted molar refractivity (Wildman–Crippen MR) is 108 cm³/mol. The van der Waals surface area contributed by atoms with Gasteiger partial charge in [0.15, 0.2) is 5.78 Å². The lowest BCUT2D eigenvalue weighted by Crippen LogP contribution is -2.40. The highest BCUT2D eigenvalue weighted by Gasteiger charge is 2.17. The first-order valence-corrected chi connectivity index (χ1v) is 9.54. The summed E-state index contributed by atoms with van der Waals surface area (Å²) in [6.45, 7) is 6.98. The Morgan fingerprint density at radius 2 is 2.00 bits per heavy atom. The third kappa shape index (κ3) is 3.96. The maximum absolute atomic E-state index is 13.3. The maximum Gasteiger partial charge on any atom is 0.178 e. The topological polar surface area (TPSA) is 42.4 Å². The number of morpholine rings is 1. The zero-order valence-corrected chi connectivity index (χ0v) is 16.1. The van der Waals surface area contributed by atoms with Crippen molar-refractivity contribution < 1.29 is 13.9 Å². The molecule has 2 heterocycles. The SMILES string of the molecule is CC(=O)c1cc(-c2ccc(F)cc2)c2ccc(CN3CCO[C@@H](C)C3)cc2n1. The summed E-state index contributed by atoms with van der Waals surface area (Å²) in [7, 11) is 0. The Kier molecular flexibility index (Phi) is 5.20. The molecule has 0 spiro atoms. The fraction of sp³-hybridized carbons (Fsp3) is 0.304. The van der Waals surface area contributed by atoms with Gasteiger partial charge in [0.1, 0.15) is 11.5 Å². The molecule has 0 bridgehead atoms. The molecular weight excluding hydrogens is 355 g/mol. The van der Waals surface area contributed by atoms with E-state index >= 15 is 0 Å². The van der Waals surface area contributed by atoms with Crippen molar-refractivity contribution in [1.29, 1.82) is 0 Å². The number of rotatable bonds is 4. The number of hydrogen-bond donors (Lipinski definition) is 0. The normalized spacial score (nSPS) is 17.8. The quantitative estimate of drug-likeness (QED) is 0.629. The van der Waals surface area contributed by atoms with Gasteiger partial charge in [0.25, 0.3) is 0 Å². The lowest BCUT2D eigenvalue weighted by molar-refractivity contribution is -0.0211. The molecule has 1 aliphatic rings. The third-order valence-corrected chi connectivity index (χ3v) is 5.12. The van der Waals surface area contributed by atoms with Crippen LogP contribution >= 0.6 is 0 Å². The smallest absolute Gasteiger partial charge is 0.178 e. The highest BCUT2D eigenvalue weighted by molar-refractivity contribution is 6.01. The Morgan fingerprint density at radius 3 is 2.71 bits per heavy atom. The molecule has 1 atom stereocenters. The van der Waals surface area contributed by atoms with E-state index in [1.807, 2.05) is 6.07 Å². The van der Waals surface area contributed by atoms with E-state index in [1.165, 1.54) is 19.1 Å². The molecule has 4 rings (SSSR count). The first-order valence-electron chi connectivity index (χ1n) is 9.54. The number of halogens is 1. The molecular formula is C23H23FN2O2. The maximum atomic E-state index is 13.3. The molecule has 3 aromatic rings. The van der Waals surface area contributed by atoms with Crippen molar-refractivity contribution in [2.24, 2.45) is 0 Å². The molecule has 0 aliphatic carbocycles. The number of carbonyl (C=O) groups is 1. The van der Waals surface area contributed by atoms with Gasteiger partial charge in [0.05, 0.1) is 18.2 Å². The molecule has 4 nitrogen and oxygen atoms in total. The Balaban J connectivity index is 1.75. The minimum atomic E-state index is -0.282. The van der Waals surface area contributed by atoms with Crippen LogP contribution in [0.15, 0.2) is 48.5 Å². The molecule has 28 heavy (non-hydrogen) atoms. The Morgan fingerprint density at radius 1 is 1.21 bits per heavy atom. The number of aromatic nitrogens is 1. The summed E-state index contributed by atoms with van der Waals surface area (Å²) in [6, 6.07) is 14.3. The molecule has 0 amide bonds. The van der Waals surface area contributed by atoms with E-state index in [-0.39, 0.29) is 17.7 Å². The van der Waals surface area contributed by atoms with Crippen LogP contribution in [0.1, 0.15) is 29.9 Å². The summed E-state index contributed by atoms with van der Waals surface area (Å²) in [5.74, 6) is -0.367. The zero-order chi connectivity index (χ0) is 19.7.